The molecule has 4 aromatic rings. The lowest BCUT2D eigenvalue weighted by Crippen LogP contribution is -2.12. The van der Waals surface area contributed by atoms with Gasteiger partial charge in [0.25, 0.3) is 0 Å². The molecule has 0 saturated carbocycles. The average Bonchev–Trinajstić information content (AvgIpc) is 3.25. The summed E-state index contributed by atoms with van der Waals surface area (Å²) in [4.78, 5) is 5.60. The van der Waals surface area contributed by atoms with Gasteiger partial charge in [-0.2, -0.15) is 5.10 Å². The Balaban J connectivity index is 1.32. The second-order valence-electron chi connectivity index (χ2n) is 5.46. The largest absolute Gasteiger partial charge is 0.307 e. The lowest BCUT2D eigenvalue weighted by Gasteiger charge is -2.01. The molecule has 0 fully saturated rings. The van der Waals surface area contributed by atoms with Crippen molar-refractivity contribution in [2.24, 2.45) is 0 Å². The lowest BCUT2D eigenvalue weighted by molar-refractivity contribution is 0.672. The van der Waals surface area contributed by atoms with Crippen LogP contribution < -0.4 is 5.32 Å². The Morgan fingerprint density at radius 1 is 1.04 bits per heavy atom. The van der Waals surface area contributed by atoms with Gasteiger partial charge in [0.05, 0.1) is 18.4 Å². The van der Waals surface area contributed by atoms with Crippen LogP contribution in [0.2, 0.25) is 0 Å². The standard InChI is InChI=1S/C17H17N5S/c1-2-4-14(5-3-1)11-22-12-15(9-19-22)8-18-10-16-13-21-6-7-23-17(21)20-16/h1-7,9,12-13,18H,8,10-11H2. The molecule has 1 aromatic carbocycles. The zero-order valence-electron chi connectivity index (χ0n) is 12.6. The van der Waals surface area contributed by atoms with E-state index >= 15 is 0 Å². The van der Waals surface area contributed by atoms with Gasteiger partial charge in [-0.3, -0.25) is 9.08 Å². The van der Waals surface area contributed by atoms with Crippen molar-refractivity contribution in [3.05, 3.63) is 77.3 Å². The van der Waals surface area contributed by atoms with Gasteiger partial charge in [-0.15, -0.1) is 11.3 Å². The summed E-state index contributed by atoms with van der Waals surface area (Å²) in [5, 5.41) is 9.89. The van der Waals surface area contributed by atoms with Crippen molar-refractivity contribution in [3.63, 3.8) is 0 Å². The first-order chi connectivity index (χ1) is 11.4. The topological polar surface area (TPSA) is 47.2 Å². The number of hydrogen-bond donors (Lipinski definition) is 1. The molecule has 3 heterocycles. The van der Waals surface area contributed by atoms with Crippen LogP contribution in [0.25, 0.3) is 4.96 Å². The first-order valence-electron chi connectivity index (χ1n) is 7.54. The molecule has 0 aliphatic carbocycles. The van der Waals surface area contributed by atoms with E-state index in [9.17, 15) is 0 Å². The Morgan fingerprint density at radius 3 is 2.83 bits per heavy atom. The molecule has 0 amide bonds. The minimum absolute atomic E-state index is 0.762. The van der Waals surface area contributed by atoms with E-state index in [-0.39, 0.29) is 0 Å². The smallest absolute Gasteiger partial charge is 0.193 e. The molecule has 0 atom stereocenters. The van der Waals surface area contributed by atoms with Crippen LogP contribution in [0.15, 0.2) is 60.5 Å². The normalized spacial score (nSPS) is 11.3. The number of nitrogens with one attached hydrogen (secondary N) is 1. The summed E-state index contributed by atoms with van der Waals surface area (Å²) in [6, 6.07) is 10.4. The zero-order valence-corrected chi connectivity index (χ0v) is 13.4. The minimum atomic E-state index is 0.762. The number of nitrogens with zero attached hydrogens (tertiary/aromatic N) is 4. The fourth-order valence-electron chi connectivity index (χ4n) is 2.55. The van der Waals surface area contributed by atoms with Gasteiger partial charge in [-0.25, -0.2) is 4.98 Å². The fourth-order valence-corrected chi connectivity index (χ4v) is 3.27. The van der Waals surface area contributed by atoms with Crippen molar-refractivity contribution in [1.82, 2.24) is 24.5 Å². The molecule has 23 heavy (non-hydrogen) atoms. The van der Waals surface area contributed by atoms with Crippen LogP contribution in [-0.2, 0) is 19.6 Å². The van der Waals surface area contributed by atoms with Gasteiger partial charge >= 0.3 is 0 Å². The number of aromatic nitrogens is 4. The second-order valence-corrected chi connectivity index (χ2v) is 6.33. The average molecular weight is 323 g/mol. The summed E-state index contributed by atoms with van der Waals surface area (Å²) in [7, 11) is 0. The van der Waals surface area contributed by atoms with Gasteiger partial charge < -0.3 is 5.32 Å². The third kappa shape index (κ3) is 3.33. The maximum atomic E-state index is 4.56. The van der Waals surface area contributed by atoms with Crippen LogP contribution in [0.3, 0.4) is 0 Å². The molecule has 0 aliphatic heterocycles. The Morgan fingerprint density at radius 2 is 1.96 bits per heavy atom. The maximum absolute atomic E-state index is 4.56. The van der Waals surface area contributed by atoms with Crippen molar-refractivity contribution in [2.45, 2.75) is 19.6 Å². The molecule has 0 unspecified atom stereocenters. The van der Waals surface area contributed by atoms with E-state index in [1.54, 1.807) is 11.3 Å². The van der Waals surface area contributed by atoms with E-state index in [0.717, 1.165) is 30.3 Å². The van der Waals surface area contributed by atoms with Crippen molar-refractivity contribution >= 4 is 16.3 Å². The third-order valence-corrected chi connectivity index (χ3v) is 4.42. The zero-order chi connectivity index (χ0) is 15.5. The van der Waals surface area contributed by atoms with Gasteiger partial charge in [0.15, 0.2) is 4.96 Å². The predicted molar refractivity (Wildman–Crippen MR) is 91.4 cm³/mol. The van der Waals surface area contributed by atoms with Crippen LogP contribution in [0.4, 0.5) is 0 Å². The van der Waals surface area contributed by atoms with Crippen molar-refractivity contribution in [1.29, 1.82) is 0 Å². The molecule has 6 heteroatoms. The SMILES string of the molecule is c1ccc(Cn2cc(CNCc3cn4ccsc4n3)cn2)cc1. The first-order valence-corrected chi connectivity index (χ1v) is 8.42. The highest BCUT2D eigenvalue weighted by Gasteiger charge is 2.03. The van der Waals surface area contributed by atoms with E-state index in [1.807, 2.05) is 28.5 Å². The van der Waals surface area contributed by atoms with Crippen LogP contribution >= 0.6 is 11.3 Å². The number of thiazole rings is 1. The molecule has 5 nitrogen and oxygen atoms in total. The number of rotatable bonds is 6. The molecule has 116 valence electrons. The summed E-state index contributed by atoms with van der Waals surface area (Å²) in [5.41, 5.74) is 3.50. The quantitative estimate of drug-likeness (QED) is 0.593. The molecule has 0 bridgehead atoms. The molecule has 0 aliphatic rings. The number of fused-ring (bicyclic) bond motifs is 1. The summed E-state index contributed by atoms with van der Waals surface area (Å²) in [6.45, 7) is 2.36. The van der Waals surface area contributed by atoms with E-state index < -0.39 is 0 Å². The van der Waals surface area contributed by atoms with Crippen LogP contribution in [-0.4, -0.2) is 19.2 Å². The number of imidazole rings is 1. The van der Waals surface area contributed by atoms with E-state index in [1.165, 1.54) is 11.1 Å². The molecule has 4 rings (SSSR count). The highest BCUT2D eigenvalue weighted by Crippen LogP contribution is 2.11. The Kier molecular flexibility index (Phi) is 3.92. The second kappa shape index (κ2) is 6.36. The Bertz CT molecular complexity index is 861. The fraction of sp³-hybridized carbons (Fsp3) is 0.176. The van der Waals surface area contributed by atoms with E-state index in [4.69, 9.17) is 0 Å². The minimum Gasteiger partial charge on any atom is -0.307 e. The molecule has 0 radical (unpaired) electrons. The van der Waals surface area contributed by atoms with Gasteiger partial charge in [0.1, 0.15) is 0 Å². The highest BCUT2D eigenvalue weighted by atomic mass is 32.1. The Labute approximate surface area is 138 Å². The lowest BCUT2D eigenvalue weighted by atomic mass is 10.2. The first kappa shape index (κ1) is 14.2. The van der Waals surface area contributed by atoms with Crippen LogP contribution in [0, 0.1) is 0 Å². The van der Waals surface area contributed by atoms with Gasteiger partial charge in [0, 0.05) is 42.6 Å². The van der Waals surface area contributed by atoms with Crippen molar-refractivity contribution in [2.75, 3.05) is 0 Å². The highest BCUT2D eigenvalue weighted by molar-refractivity contribution is 7.15. The van der Waals surface area contributed by atoms with Crippen molar-refractivity contribution < 1.29 is 0 Å². The molecule has 0 spiro atoms. The maximum Gasteiger partial charge on any atom is 0.193 e. The van der Waals surface area contributed by atoms with Crippen molar-refractivity contribution in [3.8, 4) is 0 Å². The van der Waals surface area contributed by atoms with E-state index in [2.05, 4.69) is 56.5 Å². The van der Waals surface area contributed by atoms with Gasteiger partial charge in [-0.1, -0.05) is 30.3 Å². The molecular formula is C17H17N5S. The monoisotopic (exact) mass is 323 g/mol. The van der Waals surface area contributed by atoms with Crippen LogP contribution in [0.5, 0.6) is 0 Å². The third-order valence-electron chi connectivity index (χ3n) is 3.65. The van der Waals surface area contributed by atoms with Crippen LogP contribution in [0.1, 0.15) is 16.8 Å². The Hall–Kier alpha value is -2.44. The number of benzene rings is 1. The van der Waals surface area contributed by atoms with Gasteiger partial charge in [0.2, 0.25) is 0 Å². The predicted octanol–water partition coefficient (Wildman–Crippen LogP) is 2.93. The molecule has 3 aromatic heterocycles. The summed E-state index contributed by atoms with van der Waals surface area (Å²) in [5.74, 6) is 0. The molecule has 1 N–H and O–H groups in total. The summed E-state index contributed by atoms with van der Waals surface area (Å²) >= 11 is 1.65. The summed E-state index contributed by atoms with van der Waals surface area (Å²) < 4.78 is 4.03. The molecular weight excluding hydrogens is 306 g/mol. The molecule has 0 saturated heterocycles. The summed E-state index contributed by atoms with van der Waals surface area (Å²) in [6.07, 6.45) is 8.11. The number of hydrogen-bond acceptors (Lipinski definition) is 4. The van der Waals surface area contributed by atoms with Gasteiger partial charge in [-0.05, 0) is 5.56 Å². The van der Waals surface area contributed by atoms with E-state index in [0.29, 0.717) is 0 Å².